The fourth-order valence-corrected chi connectivity index (χ4v) is 5.66. The van der Waals surface area contributed by atoms with Gasteiger partial charge in [0.1, 0.15) is 5.75 Å². The molecule has 0 spiro atoms. The van der Waals surface area contributed by atoms with Crippen LogP contribution in [0.2, 0.25) is 0 Å². The summed E-state index contributed by atoms with van der Waals surface area (Å²) in [6.07, 6.45) is 1.71. The highest BCUT2D eigenvalue weighted by atomic mass is 16.5. The van der Waals surface area contributed by atoms with Crippen molar-refractivity contribution in [1.29, 1.82) is 0 Å². The predicted molar refractivity (Wildman–Crippen MR) is 125 cm³/mol. The number of carbonyl (C=O) groups is 1. The van der Waals surface area contributed by atoms with Gasteiger partial charge in [0.05, 0.1) is 24.8 Å². The Morgan fingerprint density at radius 3 is 2.78 bits per heavy atom. The van der Waals surface area contributed by atoms with Crippen molar-refractivity contribution in [3.05, 3.63) is 64.2 Å². The van der Waals surface area contributed by atoms with E-state index in [4.69, 9.17) is 10.5 Å². The highest BCUT2D eigenvalue weighted by Crippen LogP contribution is 2.47. The number of methoxy groups -OCH3 is 1. The van der Waals surface area contributed by atoms with E-state index >= 15 is 0 Å². The number of nitrogens with two attached hydrogens (primary N) is 1. The van der Waals surface area contributed by atoms with E-state index in [2.05, 4.69) is 34.1 Å². The number of hydrogen-bond donors (Lipinski definition) is 3. The zero-order valence-electron chi connectivity index (χ0n) is 18.0. The smallest absolute Gasteiger partial charge is 0.252 e. The van der Waals surface area contributed by atoms with E-state index in [1.807, 2.05) is 12.1 Å². The molecule has 6 nitrogen and oxygen atoms in total. The number of aliphatic hydroxyl groups excluding tert-OH is 1. The normalized spacial score (nSPS) is 14.4. The van der Waals surface area contributed by atoms with Gasteiger partial charge in [-0.1, -0.05) is 12.1 Å². The number of rotatable bonds is 4. The first-order valence-corrected chi connectivity index (χ1v) is 11.0. The minimum atomic E-state index is -0.0140. The first-order chi connectivity index (χ1) is 15.7. The molecule has 0 atom stereocenters. The Kier molecular flexibility index (Phi) is 4.28. The Bertz CT molecular complexity index is 1430. The van der Waals surface area contributed by atoms with E-state index in [0.717, 1.165) is 68.2 Å². The summed E-state index contributed by atoms with van der Waals surface area (Å²) < 4.78 is 7.67. The summed E-state index contributed by atoms with van der Waals surface area (Å²) in [5.41, 5.74) is 15.6. The van der Waals surface area contributed by atoms with E-state index in [0.29, 0.717) is 19.6 Å². The number of aromatic nitrogens is 1. The van der Waals surface area contributed by atoms with Gasteiger partial charge in [-0.15, -0.1) is 0 Å². The second-order valence-corrected chi connectivity index (χ2v) is 8.57. The first kappa shape index (κ1) is 19.3. The molecule has 3 aromatic carbocycles. The average molecular weight is 428 g/mol. The van der Waals surface area contributed by atoms with Crippen LogP contribution in [-0.4, -0.2) is 29.3 Å². The second-order valence-electron chi connectivity index (χ2n) is 8.57. The molecule has 4 N–H and O–H groups in total. The quantitative estimate of drug-likeness (QED) is 0.466. The lowest BCUT2D eigenvalue weighted by molar-refractivity contribution is 0.0966. The number of hydrogen-bond acceptors (Lipinski definition) is 4. The molecule has 4 aromatic rings. The van der Waals surface area contributed by atoms with Gasteiger partial charge in [0.15, 0.2) is 0 Å². The molecule has 1 aliphatic carbocycles. The van der Waals surface area contributed by atoms with E-state index < -0.39 is 0 Å². The van der Waals surface area contributed by atoms with Crippen LogP contribution in [0.25, 0.3) is 32.9 Å². The number of nitrogens with one attached hydrogen (secondary N) is 1. The maximum Gasteiger partial charge on any atom is 0.252 e. The van der Waals surface area contributed by atoms with Crippen molar-refractivity contribution in [3.63, 3.8) is 0 Å². The van der Waals surface area contributed by atoms with Gasteiger partial charge in [0.2, 0.25) is 0 Å². The molecule has 1 aromatic heterocycles. The van der Waals surface area contributed by atoms with Crippen molar-refractivity contribution in [1.82, 2.24) is 9.88 Å². The van der Waals surface area contributed by atoms with E-state index in [9.17, 15) is 9.90 Å². The Morgan fingerprint density at radius 2 is 2.00 bits per heavy atom. The van der Waals surface area contributed by atoms with Crippen molar-refractivity contribution in [2.45, 2.75) is 32.5 Å². The molecule has 6 heteroatoms. The molecule has 0 saturated carbocycles. The number of aliphatic hydroxyl groups is 1. The summed E-state index contributed by atoms with van der Waals surface area (Å²) in [6, 6.07) is 12.4. The van der Waals surface area contributed by atoms with E-state index in [1.54, 1.807) is 7.11 Å². The molecule has 0 bridgehead atoms. The molecule has 6 rings (SSSR count). The van der Waals surface area contributed by atoms with Crippen molar-refractivity contribution in [2.75, 3.05) is 13.7 Å². The van der Waals surface area contributed by atoms with Crippen molar-refractivity contribution in [2.24, 2.45) is 5.73 Å². The first-order valence-electron chi connectivity index (χ1n) is 11.0. The number of benzene rings is 3. The highest BCUT2D eigenvalue weighted by molar-refractivity contribution is 6.19. The van der Waals surface area contributed by atoms with Gasteiger partial charge in [-0.25, -0.2) is 0 Å². The summed E-state index contributed by atoms with van der Waals surface area (Å²) in [7, 11) is 1.68. The maximum absolute atomic E-state index is 13.1. The monoisotopic (exact) mass is 427 g/mol. The molecule has 2 aliphatic rings. The number of ether oxygens (including phenoxy) is 1. The molecule has 1 amide bonds. The minimum Gasteiger partial charge on any atom is -0.497 e. The zero-order valence-corrected chi connectivity index (χ0v) is 18.0. The molecule has 2 heterocycles. The fraction of sp³-hybridized carbons (Fsp3) is 0.269. The van der Waals surface area contributed by atoms with Crippen LogP contribution in [0.5, 0.6) is 5.75 Å². The maximum atomic E-state index is 13.1. The molecule has 0 saturated heterocycles. The largest absolute Gasteiger partial charge is 0.497 e. The van der Waals surface area contributed by atoms with Crippen molar-refractivity contribution >= 4 is 27.7 Å². The summed E-state index contributed by atoms with van der Waals surface area (Å²) in [4.78, 5) is 13.1. The molecular weight excluding hydrogens is 402 g/mol. The SMILES string of the molecule is COc1ccc2c(c1)CCc1c-2c2c(c3c4cc(CN)ccc4n(CCO)c13)CNC2=O. The lowest BCUT2D eigenvalue weighted by Crippen LogP contribution is -2.16. The van der Waals surface area contributed by atoms with Gasteiger partial charge in [-0.2, -0.15) is 0 Å². The lowest BCUT2D eigenvalue weighted by Gasteiger charge is -2.25. The molecule has 32 heavy (non-hydrogen) atoms. The average Bonchev–Trinajstić information content (AvgIpc) is 3.36. The third-order valence-electron chi connectivity index (χ3n) is 7.01. The van der Waals surface area contributed by atoms with Crippen LogP contribution in [-0.2, 0) is 32.5 Å². The number of carbonyl (C=O) groups excluding carboxylic acids is 1. The molecule has 1 aliphatic heterocycles. The van der Waals surface area contributed by atoms with Crippen LogP contribution in [0, 0.1) is 0 Å². The van der Waals surface area contributed by atoms with Crippen LogP contribution >= 0.6 is 0 Å². The van der Waals surface area contributed by atoms with Crippen molar-refractivity contribution < 1.29 is 14.6 Å². The molecule has 0 unspecified atom stereocenters. The molecule has 0 fully saturated rings. The predicted octanol–water partition coefficient (Wildman–Crippen LogP) is 3.26. The number of amides is 1. The standard InChI is InChI=1S/C26H25N3O3/c1-32-16-4-6-17-15(11-16)3-5-18-22(17)24-20(13-28-26(24)31)23-19-10-14(12-27)2-7-21(19)29(8-9-30)25(18)23/h2,4,6-7,10-11,30H,3,5,8-9,12-13,27H2,1H3,(H,28,31). The summed E-state index contributed by atoms with van der Waals surface area (Å²) in [5, 5.41) is 15.2. The van der Waals surface area contributed by atoms with Gasteiger partial charge >= 0.3 is 0 Å². The topological polar surface area (TPSA) is 89.5 Å². The number of fused-ring (bicyclic) bond motifs is 10. The third kappa shape index (κ3) is 2.51. The second kappa shape index (κ2) is 7.08. The Labute approximate surface area is 185 Å². The fourth-order valence-electron chi connectivity index (χ4n) is 5.66. The van der Waals surface area contributed by atoms with Crippen LogP contribution < -0.4 is 15.8 Å². The van der Waals surface area contributed by atoms with Gasteiger partial charge < -0.3 is 25.5 Å². The van der Waals surface area contributed by atoms with Crippen molar-refractivity contribution in [3.8, 4) is 16.9 Å². The van der Waals surface area contributed by atoms with Gasteiger partial charge in [0.25, 0.3) is 5.91 Å². The Hall–Kier alpha value is -3.35. The van der Waals surface area contributed by atoms with Crippen LogP contribution in [0.1, 0.15) is 32.6 Å². The Balaban J connectivity index is 1.80. The lowest BCUT2D eigenvalue weighted by atomic mass is 9.80. The molecule has 0 radical (unpaired) electrons. The van der Waals surface area contributed by atoms with Crippen LogP contribution in [0.4, 0.5) is 0 Å². The molecule has 162 valence electrons. The van der Waals surface area contributed by atoms with Crippen LogP contribution in [0.15, 0.2) is 36.4 Å². The van der Waals surface area contributed by atoms with Gasteiger partial charge in [-0.05, 0) is 64.9 Å². The number of aryl methyl sites for hydroxylation is 2. The van der Waals surface area contributed by atoms with Gasteiger partial charge in [-0.3, -0.25) is 4.79 Å². The highest BCUT2D eigenvalue weighted by Gasteiger charge is 2.34. The zero-order chi connectivity index (χ0) is 22.0. The number of nitrogens with zero attached hydrogens (tertiary/aromatic N) is 1. The van der Waals surface area contributed by atoms with Crippen LogP contribution in [0.3, 0.4) is 0 Å². The third-order valence-corrected chi connectivity index (χ3v) is 7.01. The summed E-state index contributed by atoms with van der Waals surface area (Å²) in [5.74, 6) is 0.818. The van der Waals surface area contributed by atoms with E-state index in [-0.39, 0.29) is 12.5 Å². The minimum absolute atomic E-state index is 0.0140. The molecular formula is C26H25N3O3. The van der Waals surface area contributed by atoms with E-state index in [1.165, 1.54) is 11.1 Å². The Morgan fingerprint density at radius 1 is 1.12 bits per heavy atom. The summed E-state index contributed by atoms with van der Waals surface area (Å²) >= 11 is 0. The summed E-state index contributed by atoms with van der Waals surface area (Å²) in [6.45, 7) is 1.52. The van der Waals surface area contributed by atoms with Gasteiger partial charge in [0, 0.05) is 41.5 Å².